The summed E-state index contributed by atoms with van der Waals surface area (Å²) in [6.45, 7) is 8.95. The molecule has 0 spiro atoms. The van der Waals surface area contributed by atoms with E-state index < -0.39 is 11.9 Å². The summed E-state index contributed by atoms with van der Waals surface area (Å²) in [6, 6.07) is 0. The molecule has 0 amide bonds. The molecular weight excluding hydrogens is 284 g/mol. The third-order valence-electron chi connectivity index (χ3n) is 0.697. The zero-order valence-corrected chi connectivity index (χ0v) is 12.1. The van der Waals surface area contributed by atoms with Crippen molar-refractivity contribution in [3.63, 3.8) is 0 Å². The molecule has 4 nitrogen and oxygen atoms in total. The fourth-order valence-electron chi connectivity index (χ4n) is 0. The molecule has 0 aromatic carbocycles. The van der Waals surface area contributed by atoms with Crippen LogP contribution in [0.3, 0.4) is 0 Å². The van der Waals surface area contributed by atoms with Crippen LogP contribution in [-0.2, 0) is 45.8 Å². The van der Waals surface area contributed by atoms with Crippen LogP contribution in [0.1, 0.15) is 13.8 Å². The van der Waals surface area contributed by atoms with Gasteiger partial charge in [-0.05, 0) is 25.0 Å². The topological polar surface area (TPSA) is 80.3 Å². The molecule has 0 unspecified atom stereocenters. The molecule has 0 aromatic heterocycles. The number of hydrogen-bond acceptors (Lipinski definition) is 4. The number of carbonyl (C=O) groups is 2. The van der Waals surface area contributed by atoms with Gasteiger partial charge in [-0.15, -0.1) is 0 Å². The van der Waals surface area contributed by atoms with Gasteiger partial charge >= 0.3 is 16.8 Å². The monoisotopic (exact) mass is 293 g/mol. The molecule has 6 heteroatoms. The zero-order chi connectivity index (χ0) is 10.3. The second-order valence-corrected chi connectivity index (χ2v) is 2.14. The average Bonchev–Trinajstić information content (AvgIpc) is 1.88. The fraction of sp³-hybridized carbons (Fsp3) is 0.250. The molecule has 0 fully saturated rings. The van der Waals surface area contributed by atoms with Crippen molar-refractivity contribution in [1.29, 1.82) is 0 Å². The number of carboxylic acids is 2. The molecule has 0 aliphatic carbocycles. The van der Waals surface area contributed by atoms with E-state index in [0.717, 1.165) is 0 Å². The molecule has 77 valence electrons. The summed E-state index contributed by atoms with van der Waals surface area (Å²) in [6.07, 6.45) is 0. The molecule has 0 saturated heterocycles. The first-order chi connectivity index (χ1) is 5.29. The summed E-state index contributed by atoms with van der Waals surface area (Å²) >= 11 is 0. The maximum atomic E-state index is 9.49. The molecule has 0 aromatic rings. The van der Waals surface area contributed by atoms with Crippen LogP contribution in [0.4, 0.5) is 0 Å². The van der Waals surface area contributed by atoms with E-state index in [-0.39, 0.29) is 47.4 Å². The van der Waals surface area contributed by atoms with E-state index in [1.54, 1.807) is 0 Å². The van der Waals surface area contributed by atoms with Gasteiger partial charge in [-0.25, -0.2) is 0 Å². The SMILES string of the molecule is C=C(C)C(=O)[O-].C=C(C)C(=O)[O-].[Co+2].[Zn]. The van der Waals surface area contributed by atoms with E-state index in [0.29, 0.717) is 0 Å². The van der Waals surface area contributed by atoms with Gasteiger partial charge in [-0.1, -0.05) is 13.2 Å². The number of hydrogen-bond donors (Lipinski definition) is 0. The van der Waals surface area contributed by atoms with Crippen molar-refractivity contribution in [2.75, 3.05) is 0 Å². The number of carboxylic acid groups (broad SMARTS) is 2. The average molecular weight is 294 g/mol. The van der Waals surface area contributed by atoms with Crippen molar-refractivity contribution in [1.82, 2.24) is 0 Å². The summed E-state index contributed by atoms with van der Waals surface area (Å²) in [7, 11) is 0. The van der Waals surface area contributed by atoms with Gasteiger partial charge in [0, 0.05) is 19.5 Å². The maximum Gasteiger partial charge on any atom is 2.00 e. The third kappa shape index (κ3) is 22.6. The Bertz CT molecular complexity index is 177. The Hall–Kier alpha value is -0.450. The Labute approximate surface area is 106 Å². The second kappa shape index (κ2) is 12.5. The number of carbonyl (C=O) groups excluding carboxylic acids is 2. The molecular formula is C8H10CoO4Zn. The van der Waals surface area contributed by atoms with Gasteiger partial charge in [0.2, 0.25) is 0 Å². The van der Waals surface area contributed by atoms with Crippen LogP contribution in [0.15, 0.2) is 24.3 Å². The normalized spacial score (nSPS) is 6.43. The summed E-state index contributed by atoms with van der Waals surface area (Å²) in [5.41, 5.74) is 0.130. The minimum Gasteiger partial charge on any atom is -0.545 e. The van der Waals surface area contributed by atoms with Gasteiger partial charge in [0.15, 0.2) is 0 Å². The Morgan fingerprint density at radius 3 is 1.00 bits per heavy atom. The standard InChI is InChI=1S/2C4H6O2.Co.Zn/c2*1-3(2)4(5)6;;/h2*1H2,2H3,(H,5,6);;/q;;+2;/p-2. The summed E-state index contributed by atoms with van der Waals surface area (Å²) in [4.78, 5) is 19.0. The van der Waals surface area contributed by atoms with Crippen molar-refractivity contribution in [2.45, 2.75) is 13.8 Å². The van der Waals surface area contributed by atoms with Gasteiger partial charge in [-0.2, -0.15) is 0 Å². The van der Waals surface area contributed by atoms with E-state index in [1.807, 2.05) is 0 Å². The van der Waals surface area contributed by atoms with Crippen molar-refractivity contribution in [3.8, 4) is 0 Å². The number of aliphatic carboxylic acids is 2. The molecule has 0 aliphatic rings. The van der Waals surface area contributed by atoms with Crippen molar-refractivity contribution in [3.05, 3.63) is 24.3 Å². The molecule has 0 bridgehead atoms. The van der Waals surface area contributed by atoms with Gasteiger partial charge in [0.1, 0.15) is 0 Å². The second-order valence-electron chi connectivity index (χ2n) is 2.14. The van der Waals surface area contributed by atoms with Crippen molar-refractivity contribution >= 4 is 11.9 Å². The predicted molar refractivity (Wildman–Crippen MR) is 39.6 cm³/mol. The van der Waals surface area contributed by atoms with Crippen molar-refractivity contribution < 1.29 is 56.1 Å². The Morgan fingerprint density at radius 2 is 1.00 bits per heavy atom. The Kier molecular flexibility index (Phi) is 21.0. The van der Waals surface area contributed by atoms with Crippen LogP contribution < -0.4 is 10.2 Å². The van der Waals surface area contributed by atoms with Crippen LogP contribution in [0, 0.1) is 0 Å². The first kappa shape index (κ1) is 23.4. The van der Waals surface area contributed by atoms with Gasteiger partial charge in [0.25, 0.3) is 0 Å². The fourth-order valence-corrected chi connectivity index (χ4v) is 0. The van der Waals surface area contributed by atoms with Gasteiger partial charge in [0.05, 0.1) is 11.9 Å². The van der Waals surface area contributed by atoms with Crippen LogP contribution in [0.5, 0.6) is 0 Å². The minimum absolute atomic E-state index is 0. The van der Waals surface area contributed by atoms with Crippen LogP contribution in [0.25, 0.3) is 0 Å². The number of rotatable bonds is 2. The van der Waals surface area contributed by atoms with E-state index in [9.17, 15) is 19.8 Å². The third-order valence-corrected chi connectivity index (χ3v) is 0.697. The summed E-state index contributed by atoms with van der Waals surface area (Å²) in [5.74, 6) is -2.37. The van der Waals surface area contributed by atoms with Crippen LogP contribution in [-0.4, -0.2) is 11.9 Å². The predicted octanol–water partition coefficient (Wildman–Crippen LogP) is -1.38. The molecule has 0 rings (SSSR count). The van der Waals surface area contributed by atoms with E-state index in [2.05, 4.69) is 13.2 Å². The molecule has 1 radical (unpaired) electrons. The van der Waals surface area contributed by atoms with E-state index in [4.69, 9.17) is 0 Å². The van der Waals surface area contributed by atoms with E-state index >= 15 is 0 Å². The first-order valence-electron chi connectivity index (χ1n) is 3.02. The molecule has 0 heterocycles. The van der Waals surface area contributed by atoms with Crippen molar-refractivity contribution in [2.24, 2.45) is 0 Å². The zero-order valence-electron chi connectivity index (χ0n) is 8.09. The molecule has 0 saturated carbocycles. The minimum atomic E-state index is -1.19. The smallest absolute Gasteiger partial charge is 0.545 e. The maximum absolute atomic E-state index is 9.49. The first-order valence-corrected chi connectivity index (χ1v) is 3.02. The van der Waals surface area contributed by atoms with Gasteiger partial charge < -0.3 is 19.8 Å². The summed E-state index contributed by atoms with van der Waals surface area (Å²) in [5, 5.41) is 19.0. The Morgan fingerprint density at radius 1 is 0.929 bits per heavy atom. The largest absolute Gasteiger partial charge is 2.00 e. The molecule has 0 aliphatic heterocycles. The summed E-state index contributed by atoms with van der Waals surface area (Å²) < 4.78 is 0. The Balaban J connectivity index is -0.0000000625. The molecule has 0 atom stereocenters. The van der Waals surface area contributed by atoms with Gasteiger partial charge in [-0.3, -0.25) is 0 Å². The molecule has 14 heavy (non-hydrogen) atoms. The molecule has 0 N–H and O–H groups in total. The van der Waals surface area contributed by atoms with Crippen LogP contribution in [0.2, 0.25) is 0 Å². The van der Waals surface area contributed by atoms with Crippen LogP contribution >= 0.6 is 0 Å². The quantitative estimate of drug-likeness (QED) is 0.464. The van der Waals surface area contributed by atoms with E-state index in [1.165, 1.54) is 13.8 Å².